The average molecular weight is 211 g/mol. The minimum absolute atomic E-state index is 0.772. The van der Waals surface area contributed by atoms with E-state index in [1.54, 1.807) is 0 Å². The van der Waals surface area contributed by atoms with Crippen LogP contribution in [-0.4, -0.2) is 0 Å². The smallest absolute Gasteiger partial charge is 0.0112 e. The van der Waals surface area contributed by atoms with Crippen LogP contribution < -0.4 is 0 Å². The van der Waals surface area contributed by atoms with Crippen LogP contribution >= 0.6 is 11.6 Å². The van der Waals surface area contributed by atoms with Crippen molar-refractivity contribution in [1.82, 2.24) is 0 Å². The highest BCUT2D eigenvalue weighted by Gasteiger charge is 2.41. The van der Waals surface area contributed by atoms with E-state index in [1.807, 2.05) is 0 Å². The van der Waals surface area contributed by atoms with Crippen LogP contribution in [0.3, 0.4) is 0 Å². The monoisotopic (exact) mass is 210 g/mol. The summed E-state index contributed by atoms with van der Waals surface area (Å²) in [5.41, 5.74) is 0. The predicted octanol–water partition coefficient (Wildman–Crippen LogP) is 4.37. The van der Waals surface area contributed by atoms with Crippen LogP contribution in [0.1, 0.15) is 32.6 Å². The van der Waals surface area contributed by atoms with E-state index in [2.05, 4.69) is 25.7 Å². The molecule has 0 heterocycles. The van der Waals surface area contributed by atoms with E-state index in [-0.39, 0.29) is 0 Å². The van der Waals surface area contributed by atoms with Gasteiger partial charge in [-0.15, -0.1) is 0 Å². The summed E-state index contributed by atoms with van der Waals surface area (Å²) in [7, 11) is 0. The van der Waals surface area contributed by atoms with Crippen LogP contribution in [0.2, 0.25) is 0 Å². The fourth-order valence-electron chi connectivity index (χ4n) is 3.40. The Bertz CT molecular complexity index is 254. The van der Waals surface area contributed by atoms with Crippen molar-refractivity contribution in [2.75, 3.05) is 0 Å². The fraction of sp³-hybridized carbons (Fsp3) is 0.692. The van der Waals surface area contributed by atoms with Crippen LogP contribution in [0.4, 0.5) is 0 Å². The number of allylic oxidation sites excluding steroid dienone is 3. The van der Waals surface area contributed by atoms with E-state index < -0.39 is 0 Å². The number of halogens is 1. The van der Waals surface area contributed by atoms with Gasteiger partial charge in [-0.1, -0.05) is 43.7 Å². The minimum Gasteiger partial charge on any atom is -0.0898 e. The lowest BCUT2D eigenvalue weighted by molar-refractivity contribution is 0.351. The van der Waals surface area contributed by atoms with Crippen molar-refractivity contribution < 1.29 is 0 Å². The zero-order chi connectivity index (χ0) is 10.1. The van der Waals surface area contributed by atoms with Crippen LogP contribution in [0.15, 0.2) is 23.8 Å². The number of fused-ring (bicyclic) bond motifs is 1. The largest absolute Gasteiger partial charge is 0.0898 e. The van der Waals surface area contributed by atoms with Crippen LogP contribution in [-0.2, 0) is 0 Å². The zero-order valence-corrected chi connectivity index (χ0v) is 9.63. The summed E-state index contributed by atoms with van der Waals surface area (Å²) in [6, 6.07) is 0. The first-order chi connectivity index (χ1) is 6.72. The first-order valence-corrected chi connectivity index (χ1v) is 6.10. The maximum Gasteiger partial charge on any atom is 0.0112 e. The Balaban J connectivity index is 2.05. The normalized spacial score (nSPS) is 40.1. The molecule has 2 rings (SSSR count). The SMILES string of the molecule is C=C(Cl)CC1CC(CC)C2CC=CC12. The highest BCUT2D eigenvalue weighted by Crippen LogP contribution is 2.50. The standard InChI is InChI=1S/C13H19Cl/c1-3-10-8-11(7-9(2)14)13-6-4-5-12(10)13/h4,6,10-13H,2-3,5,7-8H2,1H3. The van der Waals surface area contributed by atoms with E-state index in [4.69, 9.17) is 11.6 Å². The Morgan fingerprint density at radius 1 is 1.50 bits per heavy atom. The van der Waals surface area contributed by atoms with Gasteiger partial charge in [0.25, 0.3) is 0 Å². The van der Waals surface area contributed by atoms with Gasteiger partial charge < -0.3 is 0 Å². The molecule has 0 aromatic rings. The molecule has 2 aliphatic rings. The van der Waals surface area contributed by atoms with Crippen molar-refractivity contribution in [2.24, 2.45) is 23.7 Å². The molecule has 0 amide bonds. The Hall–Kier alpha value is -0.230. The molecule has 0 radical (unpaired) electrons. The summed E-state index contributed by atoms with van der Waals surface area (Å²) in [6.07, 6.45) is 9.79. The molecule has 14 heavy (non-hydrogen) atoms. The molecule has 0 aromatic carbocycles. The van der Waals surface area contributed by atoms with Gasteiger partial charge in [0.2, 0.25) is 0 Å². The van der Waals surface area contributed by atoms with E-state index >= 15 is 0 Å². The molecule has 1 saturated carbocycles. The molecule has 78 valence electrons. The molecule has 0 N–H and O–H groups in total. The molecule has 4 unspecified atom stereocenters. The van der Waals surface area contributed by atoms with Crippen molar-refractivity contribution in [3.8, 4) is 0 Å². The van der Waals surface area contributed by atoms with Gasteiger partial charge in [0.05, 0.1) is 0 Å². The summed E-state index contributed by atoms with van der Waals surface area (Å²) in [6.45, 7) is 6.14. The van der Waals surface area contributed by atoms with E-state index in [9.17, 15) is 0 Å². The molecular weight excluding hydrogens is 192 g/mol. The minimum atomic E-state index is 0.772. The van der Waals surface area contributed by atoms with Gasteiger partial charge in [-0.2, -0.15) is 0 Å². The van der Waals surface area contributed by atoms with Crippen molar-refractivity contribution in [3.63, 3.8) is 0 Å². The topological polar surface area (TPSA) is 0 Å². The third-order valence-electron chi connectivity index (χ3n) is 4.02. The van der Waals surface area contributed by atoms with Gasteiger partial charge in [0.15, 0.2) is 0 Å². The van der Waals surface area contributed by atoms with Crippen molar-refractivity contribution >= 4 is 11.6 Å². The van der Waals surface area contributed by atoms with Crippen LogP contribution in [0.5, 0.6) is 0 Å². The van der Waals surface area contributed by atoms with Gasteiger partial charge in [-0.05, 0) is 42.9 Å². The zero-order valence-electron chi connectivity index (χ0n) is 8.88. The lowest BCUT2D eigenvalue weighted by Crippen LogP contribution is -2.10. The second kappa shape index (κ2) is 4.10. The Labute approximate surface area is 92.0 Å². The molecule has 0 bridgehead atoms. The molecule has 1 heteroatoms. The fourth-order valence-corrected chi connectivity index (χ4v) is 3.60. The number of hydrogen-bond acceptors (Lipinski definition) is 0. The van der Waals surface area contributed by atoms with E-state index in [1.165, 1.54) is 19.3 Å². The Morgan fingerprint density at radius 2 is 2.29 bits per heavy atom. The summed E-state index contributed by atoms with van der Waals surface area (Å²) in [4.78, 5) is 0. The molecule has 0 saturated heterocycles. The van der Waals surface area contributed by atoms with Crippen molar-refractivity contribution in [1.29, 1.82) is 0 Å². The van der Waals surface area contributed by atoms with Crippen LogP contribution in [0, 0.1) is 23.7 Å². The molecule has 0 aliphatic heterocycles. The molecule has 0 nitrogen and oxygen atoms in total. The van der Waals surface area contributed by atoms with Gasteiger partial charge >= 0.3 is 0 Å². The molecule has 1 fully saturated rings. The summed E-state index contributed by atoms with van der Waals surface area (Å²) in [5, 5.41) is 0.839. The lowest BCUT2D eigenvalue weighted by atomic mass is 9.88. The van der Waals surface area contributed by atoms with Crippen molar-refractivity contribution in [3.05, 3.63) is 23.8 Å². The second-order valence-electron chi connectivity index (χ2n) is 4.79. The van der Waals surface area contributed by atoms with E-state index in [0.29, 0.717) is 0 Å². The molecule has 4 atom stereocenters. The third-order valence-corrected chi connectivity index (χ3v) is 4.18. The number of rotatable bonds is 3. The maximum absolute atomic E-state index is 5.92. The van der Waals surface area contributed by atoms with Gasteiger partial charge in [-0.3, -0.25) is 0 Å². The first kappa shape index (κ1) is 10.3. The third kappa shape index (κ3) is 1.77. The highest BCUT2D eigenvalue weighted by atomic mass is 35.5. The van der Waals surface area contributed by atoms with Crippen molar-refractivity contribution in [2.45, 2.75) is 32.6 Å². The lowest BCUT2D eigenvalue weighted by Gasteiger charge is -2.17. The summed E-state index contributed by atoms with van der Waals surface area (Å²) >= 11 is 5.92. The summed E-state index contributed by atoms with van der Waals surface area (Å²) in [5.74, 6) is 3.42. The molecule has 0 spiro atoms. The Kier molecular flexibility index (Phi) is 3.02. The molecule has 0 aromatic heterocycles. The quantitative estimate of drug-likeness (QED) is 0.607. The first-order valence-electron chi connectivity index (χ1n) is 5.72. The van der Waals surface area contributed by atoms with E-state index in [0.717, 1.165) is 35.1 Å². The summed E-state index contributed by atoms with van der Waals surface area (Å²) < 4.78 is 0. The van der Waals surface area contributed by atoms with Crippen LogP contribution in [0.25, 0.3) is 0 Å². The maximum atomic E-state index is 5.92. The predicted molar refractivity (Wildman–Crippen MR) is 62.2 cm³/mol. The molecular formula is C13H19Cl. The highest BCUT2D eigenvalue weighted by molar-refractivity contribution is 6.29. The van der Waals surface area contributed by atoms with Gasteiger partial charge in [-0.25, -0.2) is 0 Å². The van der Waals surface area contributed by atoms with Gasteiger partial charge in [0, 0.05) is 5.03 Å². The average Bonchev–Trinajstić information content (AvgIpc) is 2.67. The van der Waals surface area contributed by atoms with Gasteiger partial charge in [0.1, 0.15) is 0 Å². The molecule has 2 aliphatic carbocycles. The number of hydrogen-bond donors (Lipinski definition) is 0. The Morgan fingerprint density at radius 3 is 2.93 bits per heavy atom. The second-order valence-corrected chi connectivity index (χ2v) is 5.33.